The van der Waals surface area contributed by atoms with Crippen molar-refractivity contribution in [2.75, 3.05) is 4.90 Å². The molecule has 0 spiro atoms. The zero-order chi connectivity index (χ0) is 29.9. The summed E-state index contributed by atoms with van der Waals surface area (Å²) in [6.07, 6.45) is 0.179. The van der Waals surface area contributed by atoms with Crippen LogP contribution in [0.3, 0.4) is 0 Å². The lowest BCUT2D eigenvalue weighted by Crippen LogP contribution is -2.49. The topological polar surface area (TPSA) is 88.2 Å². The van der Waals surface area contributed by atoms with Crippen LogP contribution >= 0.6 is 23.2 Å². The summed E-state index contributed by atoms with van der Waals surface area (Å²) in [5, 5.41) is 20.0. The molecule has 6 nitrogen and oxygen atoms in total. The quantitative estimate of drug-likeness (QED) is 0.296. The Bertz CT molecular complexity index is 1660. The van der Waals surface area contributed by atoms with Crippen molar-refractivity contribution in [2.24, 2.45) is 5.41 Å². The van der Waals surface area contributed by atoms with Gasteiger partial charge in [-0.05, 0) is 59.9 Å². The van der Waals surface area contributed by atoms with Crippen LogP contribution in [0.5, 0.6) is 0 Å². The van der Waals surface area contributed by atoms with Crippen molar-refractivity contribution in [3.05, 3.63) is 99.0 Å². The molecule has 10 heteroatoms. The molecule has 2 heterocycles. The fourth-order valence-electron chi connectivity index (χ4n) is 6.20. The van der Waals surface area contributed by atoms with Crippen LogP contribution in [0.1, 0.15) is 49.8 Å². The van der Waals surface area contributed by atoms with Gasteiger partial charge in [0.15, 0.2) is 0 Å². The predicted molar refractivity (Wildman–Crippen MR) is 150 cm³/mol. The van der Waals surface area contributed by atoms with Gasteiger partial charge in [0.25, 0.3) is 5.91 Å². The summed E-state index contributed by atoms with van der Waals surface area (Å²) in [5.41, 5.74) is -2.02. The number of amides is 3. The molecular formula is C31H24Cl2F2N4O2. The number of carbonyl (C=O) groups excluding carboxylic acids is 2. The minimum absolute atomic E-state index is 0.0809. The third-order valence-corrected chi connectivity index (χ3v) is 8.32. The Balaban J connectivity index is 1.83. The van der Waals surface area contributed by atoms with Crippen LogP contribution in [0.25, 0.3) is 0 Å². The molecule has 0 unspecified atom stereocenters. The average Bonchev–Trinajstić information content (AvgIpc) is 3.33. The molecule has 3 amide bonds. The van der Waals surface area contributed by atoms with E-state index in [1.54, 1.807) is 0 Å². The van der Waals surface area contributed by atoms with Crippen molar-refractivity contribution in [3.8, 4) is 12.1 Å². The van der Waals surface area contributed by atoms with E-state index in [4.69, 9.17) is 23.2 Å². The van der Waals surface area contributed by atoms with Gasteiger partial charge in [0.2, 0.25) is 0 Å². The summed E-state index contributed by atoms with van der Waals surface area (Å²) in [5.74, 6) is -3.69. The van der Waals surface area contributed by atoms with Gasteiger partial charge in [-0.3, -0.25) is 4.79 Å². The van der Waals surface area contributed by atoms with Crippen molar-refractivity contribution >= 4 is 40.8 Å². The van der Waals surface area contributed by atoms with Gasteiger partial charge in [-0.25, -0.2) is 18.5 Å². The van der Waals surface area contributed by atoms with Crippen LogP contribution in [-0.4, -0.2) is 28.9 Å². The van der Waals surface area contributed by atoms with Crippen LogP contribution in [0.4, 0.5) is 19.3 Å². The van der Waals surface area contributed by atoms with E-state index in [0.717, 1.165) is 11.0 Å². The summed E-state index contributed by atoms with van der Waals surface area (Å²) in [4.78, 5) is 30.7. The lowest BCUT2D eigenvalue weighted by Gasteiger charge is -2.39. The zero-order valence-electron chi connectivity index (χ0n) is 22.3. The number of hydrogen-bond donors (Lipinski definition) is 0. The van der Waals surface area contributed by atoms with Gasteiger partial charge in [-0.15, -0.1) is 0 Å². The van der Waals surface area contributed by atoms with Crippen LogP contribution in [0.15, 0.2) is 60.7 Å². The summed E-state index contributed by atoms with van der Waals surface area (Å²) < 4.78 is 31.7. The standard InChI is InChI=1S/C31H24Cl2F2N4O2/c1-30(2,3)14-24-31(16-37,21-12-9-18(32)13-23(21)34)25(20-5-4-6-22(33)26(20)35)27-28(40)38(29(41)39(24)27)19-10-7-17(15-36)8-11-19/h4-13,24-25,27H,14H2,1-3H3/t24-,25-,27+,31-/m0/s1. The van der Waals surface area contributed by atoms with Gasteiger partial charge in [0.05, 0.1) is 34.5 Å². The fourth-order valence-corrected chi connectivity index (χ4v) is 6.54. The van der Waals surface area contributed by atoms with Crippen molar-refractivity contribution in [2.45, 2.75) is 50.6 Å². The zero-order valence-corrected chi connectivity index (χ0v) is 23.8. The average molecular weight is 593 g/mol. The second kappa shape index (κ2) is 10.1. The van der Waals surface area contributed by atoms with E-state index in [-0.39, 0.29) is 33.3 Å². The number of nitriles is 2. The molecular weight excluding hydrogens is 569 g/mol. The lowest BCUT2D eigenvalue weighted by atomic mass is 9.62. The summed E-state index contributed by atoms with van der Waals surface area (Å²) in [6, 6.07) is 15.1. The number of fused-ring (bicyclic) bond motifs is 1. The highest BCUT2D eigenvalue weighted by molar-refractivity contribution is 6.31. The third-order valence-electron chi connectivity index (χ3n) is 7.79. The monoisotopic (exact) mass is 592 g/mol. The smallest absolute Gasteiger partial charge is 0.306 e. The maximum Gasteiger partial charge on any atom is 0.332 e. The van der Waals surface area contributed by atoms with Gasteiger partial charge in [0, 0.05) is 16.5 Å². The van der Waals surface area contributed by atoms with Crippen molar-refractivity contribution in [1.82, 2.24) is 4.90 Å². The summed E-state index contributed by atoms with van der Waals surface area (Å²) >= 11 is 12.2. The van der Waals surface area contributed by atoms with Gasteiger partial charge in [-0.1, -0.05) is 62.2 Å². The number of urea groups is 1. The molecule has 0 bridgehead atoms. The number of hydrogen-bond acceptors (Lipinski definition) is 4. The second-order valence-corrected chi connectivity index (χ2v) is 12.3. The van der Waals surface area contributed by atoms with E-state index in [1.165, 1.54) is 59.5 Å². The lowest BCUT2D eigenvalue weighted by molar-refractivity contribution is -0.119. The first-order chi connectivity index (χ1) is 19.4. The Morgan fingerprint density at radius 3 is 2.27 bits per heavy atom. The van der Waals surface area contributed by atoms with E-state index < -0.39 is 52.4 Å². The van der Waals surface area contributed by atoms with Gasteiger partial charge in [0.1, 0.15) is 23.1 Å². The Morgan fingerprint density at radius 1 is 1.00 bits per heavy atom. The molecule has 208 valence electrons. The molecule has 2 aliphatic rings. The molecule has 0 radical (unpaired) electrons. The van der Waals surface area contributed by atoms with Crippen LogP contribution in [0, 0.1) is 39.7 Å². The molecule has 2 aliphatic heterocycles. The summed E-state index contributed by atoms with van der Waals surface area (Å²) in [7, 11) is 0. The molecule has 4 atom stereocenters. The SMILES string of the molecule is CC(C)(C)C[C@@H]1N2C(=O)N(c3ccc(C#N)cc3)C(=O)[C@H]2[C@H](c2cccc(Cl)c2F)[C@@]1(C#N)c1ccc(Cl)cc1F. The van der Waals surface area contributed by atoms with Gasteiger partial charge < -0.3 is 4.90 Å². The highest BCUT2D eigenvalue weighted by Crippen LogP contribution is 2.58. The van der Waals surface area contributed by atoms with Crippen LogP contribution < -0.4 is 4.90 Å². The molecule has 3 aromatic rings. The van der Waals surface area contributed by atoms with E-state index in [2.05, 4.69) is 6.07 Å². The minimum atomic E-state index is -1.89. The number of anilines is 1. The van der Waals surface area contributed by atoms with Crippen LogP contribution in [0.2, 0.25) is 10.0 Å². The normalized spacial score (nSPS) is 23.9. The molecule has 2 fully saturated rings. The predicted octanol–water partition coefficient (Wildman–Crippen LogP) is 7.34. The Labute approximate surface area is 246 Å². The maximum atomic E-state index is 15.8. The Kier molecular flexibility index (Phi) is 7.06. The van der Waals surface area contributed by atoms with Crippen molar-refractivity contribution in [3.63, 3.8) is 0 Å². The fraction of sp³-hybridized carbons (Fsp3) is 0.290. The number of carbonyl (C=O) groups is 2. The highest BCUT2D eigenvalue weighted by atomic mass is 35.5. The first-order valence-electron chi connectivity index (χ1n) is 12.8. The van der Waals surface area contributed by atoms with Gasteiger partial charge >= 0.3 is 6.03 Å². The number of nitrogens with zero attached hydrogens (tertiary/aromatic N) is 4. The molecule has 3 aromatic carbocycles. The first kappa shape index (κ1) is 28.5. The first-order valence-corrected chi connectivity index (χ1v) is 13.6. The van der Waals surface area contributed by atoms with E-state index in [0.29, 0.717) is 5.56 Å². The number of imide groups is 1. The molecule has 0 aromatic heterocycles. The van der Waals surface area contributed by atoms with Crippen LogP contribution in [-0.2, 0) is 10.2 Å². The van der Waals surface area contributed by atoms with Gasteiger partial charge in [-0.2, -0.15) is 10.5 Å². The molecule has 0 N–H and O–H groups in total. The van der Waals surface area contributed by atoms with E-state index in [9.17, 15) is 20.1 Å². The van der Waals surface area contributed by atoms with Crippen molar-refractivity contribution < 1.29 is 18.4 Å². The highest BCUT2D eigenvalue weighted by Gasteiger charge is 2.70. The Morgan fingerprint density at radius 2 is 1.68 bits per heavy atom. The summed E-state index contributed by atoms with van der Waals surface area (Å²) in [6.45, 7) is 5.70. The number of halogens is 4. The second-order valence-electron chi connectivity index (χ2n) is 11.5. The molecule has 41 heavy (non-hydrogen) atoms. The van der Waals surface area contributed by atoms with E-state index in [1.807, 2.05) is 26.8 Å². The largest absolute Gasteiger partial charge is 0.332 e. The maximum absolute atomic E-state index is 15.8. The molecule has 5 rings (SSSR count). The molecule has 0 saturated carbocycles. The van der Waals surface area contributed by atoms with Crippen molar-refractivity contribution in [1.29, 1.82) is 10.5 Å². The third kappa shape index (κ3) is 4.43. The number of benzene rings is 3. The molecule has 2 saturated heterocycles. The Hall–Kier alpha value is -3.98. The molecule has 0 aliphatic carbocycles. The van der Waals surface area contributed by atoms with E-state index >= 15 is 8.78 Å². The minimum Gasteiger partial charge on any atom is -0.306 e. The number of rotatable bonds is 4.